The molecule has 0 unspecified atom stereocenters. The van der Waals surface area contributed by atoms with Crippen molar-refractivity contribution >= 4 is 22.2 Å². The van der Waals surface area contributed by atoms with Gasteiger partial charge in [0, 0.05) is 29.4 Å². The molecule has 1 aliphatic rings. The fraction of sp³-hybridized carbons (Fsp3) is 0.200. The summed E-state index contributed by atoms with van der Waals surface area (Å²) in [5, 5.41) is 23.3. The minimum absolute atomic E-state index is 0.645. The third kappa shape index (κ3) is 1.89. The van der Waals surface area contributed by atoms with Gasteiger partial charge < -0.3 is 10.1 Å². The van der Waals surface area contributed by atoms with Gasteiger partial charge in [-0.2, -0.15) is 5.26 Å². The van der Waals surface area contributed by atoms with Crippen LogP contribution in [0.5, 0.6) is 0 Å². The van der Waals surface area contributed by atoms with Crippen LogP contribution in [-0.2, 0) is 0 Å². The first-order chi connectivity index (χ1) is 9.33. The van der Waals surface area contributed by atoms with Crippen molar-refractivity contribution in [3.63, 3.8) is 0 Å². The number of hydrogen-bond acceptors (Lipinski definition) is 4. The zero-order valence-electron chi connectivity index (χ0n) is 10.4. The lowest BCUT2D eigenvalue weighted by atomic mass is 10.0. The molecule has 1 saturated heterocycles. The predicted octanol–water partition coefficient (Wildman–Crippen LogP) is 2.75. The molecule has 0 atom stereocenters. The average molecular weight is 251 g/mol. The van der Waals surface area contributed by atoms with Gasteiger partial charge in [0.25, 0.3) is 0 Å². The van der Waals surface area contributed by atoms with Crippen LogP contribution in [-0.4, -0.2) is 24.0 Å². The maximum atomic E-state index is 9.16. The lowest BCUT2D eigenvalue weighted by Crippen LogP contribution is -2.19. The average Bonchev–Trinajstić information content (AvgIpc) is 2.95. The number of rotatable bonds is 1. The van der Waals surface area contributed by atoms with Crippen molar-refractivity contribution in [2.45, 2.75) is 6.42 Å². The molecule has 2 aromatic rings. The number of hydrogen-bond donors (Lipinski definition) is 1. The van der Waals surface area contributed by atoms with E-state index in [2.05, 4.69) is 16.1 Å². The highest BCUT2D eigenvalue weighted by Crippen LogP contribution is 2.30. The Kier molecular flexibility index (Phi) is 2.81. The molecule has 3 rings (SSSR count). The van der Waals surface area contributed by atoms with E-state index < -0.39 is 0 Å². The van der Waals surface area contributed by atoms with E-state index in [0.29, 0.717) is 12.1 Å². The van der Waals surface area contributed by atoms with Crippen molar-refractivity contribution < 1.29 is 5.21 Å². The van der Waals surface area contributed by atoms with E-state index in [1.807, 2.05) is 36.4 Å². The van der Waals surface area contributed by atoms with Crippen LogP contribution in [0.25, 0.3) is 10.8 Å². The summed E-state index contributed by atoms with van der Waals surface area (Å²) in [6, 6.07) is 14.0. The highest BCUT2D eigenvalue weighted by Gasteiger charge is 2.20. The van der Waals surface area contributed by atoms with Gasteiger partial charge in [0.15, 0.2) is 0 Å². The van der Waals surface area contributed by atoms with E-state index in [-0.39, 0.29) is 0 Å². The molecule has 0 saturated carbocycles. The van der Waals surface area contributed by atoms with Crippen LogP contribution >= 0.6 is 0 Å². The van der Waals surface area contributed by atoms with Gasteiger partial charge in [-0.1, -0.05) is 29.4 Å². The van der Waals surface area contributed by atoms with Gasteiger partial charge in [-0.15, -0.1) is 0 Å². The van der Waals surface area contributed by atoms with Gasteiger partial charge in [0.1, 0.15) is 0 Å². The summed E-state index contributed by atoms with van der Waals surface area (Å²) >= 11 is 0. The van der Waals surface area contributed by atoms with Crippen molar-refractivity contribution in [1.82, 2.24) is 0 Å². The predicted molar refractivity (Wildman–Crippen MR) is 74.7 cm³/mol. The summed E-state index contributed by atoms with van der Waals surface area (Å²) in [6.07, 6.45) is 0.783. The minimum Gasteiger partial charge on any atom is -0.411 e. The van der Waals surface area contributed by atoms with Crippen LogP contribution in [0.4, 0.5) is 5.69 Å². The van der Waals surface area contributed by atoms with Crippen molar-refractivity contribution in [3.8, 4) is 6.07 Å². The van der Waals surface area contributed by atoms with Crippen LogP contribution in [0, 0.1) is 11.3 Å². The van der Waals surface area contributed by atoms with Crippen LogP contribution in [0.3, 0.4) is 0 Å². The Morgan fingerprint density at radius 1 is 1.16 bits per heavy atom. The van der Waals surface area contributed by atoms with Crippen LogP contribution in [0.15, 0.2) is 41.6 Å². The van der Waals surface area contributed by atoms with Gasteiger partial charge in [-0.3, -0.25) is 0 Å². The van der Waals surface area contributed by atoms with Gasteiger partial charge in [0.05, 0.1) is 23.9 Å². The molecule has 2 aromatic carbocycles. The van der Waals surface area contributed by atoms with E-state index in [1.165, 1.54) is 0 Å². The third-order valence-electron chi connectivity index (χ3n) is 3.55. The quantitative estimate of drug-likeness (QED) is 0.626. The number of nitrogens with zero attached hydrogens (tertiary/aromatic N) is 3. The van der Waals surface area contributed by atoms with Crippen LogP contribution in [0.2, 0.25) is 0 Å². The highest BCUT2D eigenvalue weighted by molar-refractivity contribution is 6.00. The number of fused-ring (bicyclic) bond motifs is 1. The lowest BCUT2D eigenvalue weighted by Gasteiger charge is -2.19. The number of anilines is 1. The van der Waals surface area contributed by atoms with Crippen molar-refractivity contribution in [2.75, 3.05) is 18.0 Å². The first-order valence-corrected chi connectivity index (χ1v) is 6.20. The molecule has 1 fully saturated rings. The summed E-state index contributed by atoms with van der Waals surface area (Å²) in [5.74, 6) is 0. The molecule has 1 heterocycles. The topological polar surface area (TPSA) is 59.6 Å². The Labute approximate surface area is 111 Å². The molecule has 1 aliphatic heterocycles. The van der Waals surface area contributed by atoms with Crippen LogP contribution in [0.1, 0.15) is 12.0 Å². The number of oxime groups is 1. The minimum atomic E-state index is 0.645. The molecular formula is C15H13N3O. The smallest absolute Gasteiger partial charge is 0.0998 e. The first kappa shape index (κ1) is 11.5. The zero-order valence-corrected chi connectivity index (χ0v) is 10.4. The molecule has 94 valence electrons. The Morgan fingerprint density at radius 2 is 1.95 bits per heavy atom. The molecule has 0 amide bonds. The summed E-state index contributed by atoms with van der Waals surface area (Å²) in [6.45, 7) is 1.49. The molecule has 1 N–H and O–H groups in total. The molecule has 0 aliphatic carbocycles. The Bertz CT molecular complexity index is 700. The standard InChI is InChI=1S/C15H13N3O/c16-9-11-5-6-15(14-4-2-1-3-13(11)14)18-8-7-12(10-18)17-19/h1-6,19H,7-8,10H2. The summed E-state index contributed by atoms with van der Waals surface area (Å²) in [7, 11) is 0. The van der Waals surface area contributed by atoms with Crippen molar-refractivity contribution in [2.24, 2.45) is 5.16 Å². The van der Waals surface area contributed by atoms with Gasteiger partial charge in [-0.25, -0.2) is 0 Å². The molecule has 0 radical (unpaired) electrons. The Morgan fingerprint density at radius 3 is 2.63 bits per heavy atom. The molecule has 4 nitrogen and oxygen atoms in total. The van der Waals surface area contributed by atoms with Crippen molar-refractivity contribution in [1.29, 1.82) is 5.26 Å². The Hall–Kier alpha value is -2.54. The molecule has 19 heavy (non-hydrogen) atoms. The normalized spacial score (nSPS) is 17.0. The van der Waals surface area contributed by atoms with E-state index in [1.54, 1.807) is 0 Å². The van der Waals surface area contributed by atoms with Crippen molar-refractivity contribution in [3.05, 3.63) is 42.0 Å². The van der Waals surface area contributed by atoms with E-state index >= 15 is 0 Å². The SMILES string of the molecule is N#Cc1ccc(N2CCC(=NO)C2)c2ccccc12. The van der Waals surface area contributed by atoms with Crippen LogP contribution < -0.4 is 4.90 Å². The first-order valence-electron chi connectivity index (χ1n) is 6.20. The van der Waals surface area contributed by atoms with Gasteiger partial charge in [0.2, 0.25) is 0 Å². The molecule has 4 heteroatoms. The second-order valence-corrected chi connectivity index (χ2v) is 4.63. The fourth-order valence-corrected chi connectivity index (χ4v) is 2.59. The maximum Gasteiger partial charge on any atom is 0.0998 e. The second kappa shape index (κ2) is 4.62. The third-order valence-corrected chi connectivity index (χ3v) is 3.55. The highest BCUT2D eigenvalue weighted by atomic mass is 16.4. The van der Waals surface area contributed by atoms with Gasteiger partial charge >= 0.3 is 0 Å². The molecule has 0 aromatic heterocycles. The monoisotopic (exact) mass is 251 g/mol. The van der Waals surface area contributed by atoms with Gasteiger partial charge in [-0.05, 0) is 12.1 Å². The maximum absolute atomic E-state index is 9.16. The number of benzene rings is 2. The van der Waals surface area contributed by atoms with E-state index in [4.69, 9.17) is 10.5 Å². The summed E-state index contributed by atoms with van der Waals surface area (Å²) in [4.78, 5) is 2.18. The largest absolute Gasteiger partial charge is 0.411 e. The number of nitriles is 1. The fourth-order valence-electron chi connectivity index (χ4n) is 2.59. The summed E-state index contributed by atoms with van der Waals surface area (Å²) < 4.78 is 0. The molecular weight excluding hydrogens is 238 g/mol. The lowest BCUT2D eigenvalue weighted by molar-refractivity contribution is 0.318. The molecule has 0 bridgehead atoms. The summed E-state index contributed by atoms with van der Waals surface area (Å²) in [5.41, 5.74) is 2.58. The van der Waals surface area contributed by atoms with E-state index in [0.717, 1.165) is 35.1 Å². The molecule has 0 spiro atoms. The second-order valence-electron chi connectivity index (χ2n) is 4.63. The van der Waals surface area contributed by atoms with E-state index in [9.17, 15) is 0 Å². The Balaban J connectivity index is 2.13. The zero-order chi connectivity index (χ0) is 13.2.